The first kappa shape index (κ1) is 19.4. The first-order chi connectivity index (χ1) is 14.4. The summed E-state index contributed by atoms with van der Waals surface area (Å²) in [7, 11) is 0. The minimum Gasteiger partial charge on any atom is -0.455 e. The molecule has 30 heavy (non-hydrogen) atoms. The van der Waals surface area contributed by atoms with E-state index in [0.29, 0.717) is 0 Å². The molecule has 0 N–H and O–H groups in total. The Morgan fingerprint density at radius 3 is 2.30 bits per heavy atom. The predicted molar refractivity (Wildman–Crippen MR) is 125 cm³/mol. The highest BCUT2D eigenvalue weighted by molar-refractivity contribution is 6.10. The second-order valence-corrected chi connectivity index (χ2v) is 9.28. The van der Waals surface area contributed by atoms with Crippen LogP contribution in [0.3, 0.4) is 0 Å². The van der Waals surface area contributed by atoms with Crippen LogP contribution in [0.25, 0.3) is 33.2 Å². The van der Waals surface area contributed by atoms with Crippen LogP contribution in [0.2, 0.25) is 0 Å². The predicted octanol–water partition coefficient (Wildman–Crippen LogP) is 7.35. The summed E-state index contributed by atoms with van der Waals surface area (Å²) in [6.07, 6.45) is 5.69. The smallest absolute Gasteiger partial charge is 0.217 e. The third kappa shape index (κ3) is 2.17. The molecule has 0 spiro atoms. The zero-order valence-electron chi connectivity index (χ0n) is 19.1. The van der Waals surface area contributed by atoms with Crippen molar-refractivity contribution in [1.29, 1.82) is 0 Å². The van der Waals surface area contributed by atoms with Gasteiger partial charge in [-0.05, 0) is 44.4 Å². The number of rotatable bonds is 3. The second kappa shape index (κ2) is 6.44. The van der Waals surface area contributed by atoms with Crippen LogP contribution in [-0.2, 0) is 11.0 Å². The lowest BCUT2D eigenvalue weighted by Crippen LogP contribution is -2.69. The summed E-state index contributed by atoms with van der Waals surface area (Å²) in [4.78, 5) is 0. The Balaban J connectivity index is 2.01. The Bertz CT molecular complexity index is 1290. The van der Waals surface area contributed by atoms with E-state index < -0.39 is 0 Å². The maximum Gasteiger partial charge on any atom is 0.217 e. The fraction of sp³-hybridized carbons (Fsp3) is 0.393. The van der Waals surface area contributed by atoms with Crippen molar-refractivity contribution in [2.45, 2.75) is 71.8 Å². The quantitative estimate of drug-likeness (QED) is 0.330. The summed E-state index contributed by atoms with van der Waals surface area (Å²) in [5.41, 5.74) is 8.78. The van der Waals surface area contributed by atoms with Gasteiger partial charge in [0.1, 0.15) is 11.2 Å². The molecule has 5 rings (SSSR count). The van der Waals surface area contributed by atoms with Crippen LogP contribution in [0.5, 0.6) is 0 Å². The molecule has 0 bridgehead atoms. The fourth-order valence-corrected chi connectivity index (χ4v) is 6.21. The molecule has 2 nitrogen and oxygen atoms in total. The van der Waals surface area contributed by atoms with E-state index in [1.54, 1.807) is 0 Å². The van der Waals surface area contributed by atoms with Gasteiger partial charge in [-0.25, -0.2) is 0 Å². The zero-order chi connectivity index (χ0) is 21.3. The van der Waals surface area contributed by atoms with E-state index in [9.17, 15) is 0 Å². The third-order valence-corrected chi connectivity index (χ3v) is 8.32. The number of para-hydroxylation sites is 1. The molecule has 0 saturated carbocycles. The summed E-state index contributed by atoms with van der Waals surface area (Å²) in [6.45, 7) is 14.0. The highest BCUT2D eigenvalue weighted by atomic mass is 16.3. The van der Waals surface area contributed by atoms with E-state index in [4.69, 9.17) is 4.42 Å². The van der Waals surface area contributed by atoms with Crippen LogP contribution < -0.4 is 4.57 Å². The molecule has 4 aromatic rings. The lowest BCUT2D eigenvalue weighted by atomic mass is 9.58. The number of hydrogen-bond donors (Lipinski definition) is 0. The number of pyridine rings is 1. The van der Waals surface area contributed by atoms with Crippen LogP contribution in [0.4, 0.5) is 0 Å². The van der Waals surface area contributed by atoms with Crippen LogP contribution in [0.1, 0.15) is 63.6 Å². The Kier molecular flexibility index (Phi) is 4.16. The fourth-order valence-electron chi connectivity index (χ4n) is 6.21. The summed E-state index contributed by atoms with van der Waals surface area (Å²) < 4.78 is 9.14. The van der Waals surface area contributed by atoms with Gasteiger partial charge in [0.15, 0.2) is 11.7 Å². The minimum atomic E-state index is 0.0262. The van der Waals surface area contributed by atoms with Gasteiger partial charge >= 0.3 is 0 Å². The molecule has 2 aromatic carbocycles. The molecule has 1 aliphatic heterocycles. The van der Waals surface area contributed by atoms with Crippen LogP contribution >= 0.6 is 0 Å². The van der Waals surface area contributed by atoms with Crippen molar-refractivity contribution in [3.8, 4) is 11.3 Å². The lowest BCUT2D eigenvalue weighted by Gasteiger charge is -2.47. The van der Waals surface area contributed by atoms with Gasteiger partial charge < -0.3 is 4.42 Å². The van der Waals surface area contributed by atoms with Crippen molar-refractivity contribution in [1.82, 2.24) is 0 Å². The average Bonchev–Trinajstić information content (AvgIpc) is 3.14. The molecule has 0 radical (unpaired) electrons. The van der Waals surface area contributed by atoms with Crippen molar-refractivity contribution < 1.29 is 8.98 Å². The van der Waals surface area contributed by atoms with Crippen molar-refractivity contribution in [2.24, 2.45) is 0 Å². The topological polar surface area (TPSA) is 17.0 Å². The molecular formula is C28H32NO+. The maximum absolute atomic E-state index is 6.54. The monoisotopic (exact) mass is 398 g/mol. The van der Waals surface area contributed by atoms with Gasteiger partial charge in [0.05, 0.1) is 11.0 Å². The second-order valence-electron chi connectivity index (χ2n) is 9.28. The Hall–Kier alpha value is -2.61. The molecule has 0 saturated heterocycles. The molecule has 0 fully saturated rings. The van der Waals surface area contributed by atoms with Gasteiger partial charge in [-0.3, -0.25) is 0 Å². The molecule has 1 atom stereocenters. The summed E-state index contributed by atoms with van der Waals surface area (Å²) in [6, 6.07) is 15.5. The third-order valence-electron chi connectivity index (χ3n) is 8.32. The van der Waals surface area contributed by atoms with E-state index in [1.165, 1.54) is 38.7 Å². The summed E-state index contributed by atoms with van der Waals surface area (Å²) >= 11 is 0. The van der Waals surface area contributed by atoms with Crippen molar-refractivity contribution in [2.75, 3.05) is 0 Å². The van der Waals surface area contributed by atoms with Crippen molar-refractivity contribution in [3.63, 3.8) is 0 Å². The number of furan rings is 1. The van der Waals surface area contributed by atoms with Crippen LogP contribution in [0, 0.1) is 13.8 Å². The molecule has 0 amide bonds. The Morgan fingerprint density at radius 2 is 1.60 bits per heavy atom. The van der Waals surface area contributed by atoms with E-state index in [1.807, 2.05) is 0 Å². The molecule has 2 heteroatoms. The Labute approximate surface area is 179 Å². The SMILES string of the molecule is CCC1(C)c2ccc3c(oc4ccccc43)c2-c2cc(C)c(C)c[n+]2C1(CC)CC. The maximum atomic E-state index is 6.54. The van der Waals surface area contributed by atoms with E-state index in [0.717, 1.165) is 30.4 Å². The van der Waals surface area contributed by atoms with Gasteiger partial charge in [0.2, 0.25) is 5.69 Å². The normalized spacial score (nSPS) is 19.8. The van der Waals surface area contributed by atoms with Crippen LogP contribution in [-0.4, -0.2) is 0 Å². The molecule has 1 aliphatic rings. The van der Waals surface area contributed by atoms with E-state index in [2.05, 4.69) is 94.8 Å². The van der Waals surface area contributed by atoms with Crippen molar-refractivity contribution in [3.05, 3.63) is 65.4 Å². The van der Waals surface area contributed by atoms with Gasteiger partial charge in [0, 0.05) is 35.2 Å². The van der Waals surface area contributed by atoms with E-state index in [-0.39, 0.29) is 11.0 Å². The van der Waals surface area contributed by atoms with Crippen LogP contribution in [0.15, 0.2) is 53.1 Å². The largest absolute Gasteiger partial charge is 0.455 e. The Morgan fingerprint density at radius 1 is 0.867 bits per heavy atom. The lowest BCUT2D eigenvalue weighted by molar-refractivity contribution is -0.769. The molecule has 2 aromatic heterocycles. The highest BCUT2D eigenvalue weighted by Crippen LogP contribution is 2.53. The van der Waals surface area contributed by atoms with Crippen molar-refractivity contribution >= 4 is 21.9 Å². The summed E-state index contributed by atoms with van der Waals surface area (Å²) in [5, 5.41) is 2.42. The van der Waals surface area contributed by atoms with Gasteiger partial charge in [-0.2, -0.15) is 4.57 Å². The summed E-state index contributed by atoms with van der Waals surface area (Å²) in [5.74, 6) is 0. The molecule has 0 aliphatic carbocycles. The van der Waals surface area contributed by atoms with Gasteiger partial charge in [0.25, 0.3) is 0 Å². The van der Waals surface area contributed by atoms with E-state index >= 15 is 0 Å². The molecule has 1 unspecified atom stereocenters. The number of nitrogens with zero attached hydrogens (tertiary/aromatic N) is 1. The zero-order valence-corrected chi connectivity index (χ0v) is 19.1. The number of fused-ring (bicyclic) bond motifs is 7. The molecular weight excluding hydrogens is 366 g/mol. The standard InChI is InChI=1S/C28H32NO/c1-7-27(6)22-15-14-21-20-12-10-11-13-24(20)30-26(21)25(22)23-16-18(4)19(5)17-29(23)28(27,8-2)9-3/h10-17H,7-9H2,1-6H3/q+1. The average molecular weight is 399 g/mol. The van der Waals surface area contributed by atoms with Gasteiger partial charge in [-0.15, -0.1) is 0 Å². The minimum absolute atomic E-state index is 0.0262. The first-order valence-electron chi connectivity index (χ1n) is 11.4. The number of aryl methyl sites for hydroxylation is 2. The number of hydrogen-bond acceptors (Lipinski definition) is 1. The number of aromatic nitrogens is 1. The highest BCUT2D eigenvalue weighted by Gasteiger charge is 2.59. The number of benzene rings is 2. The molecule has 154 valence electrons. The molecule has 3 heterocycles. The first-order valence-corrected chi connectivity index (χ1v) is 11.4. The van der Waals surface area contributed by atoms with Gasteiger partial charge in [-0.1, -0.05) is 51.1 Å².